The van der Waals surface area contributed by atoms with Crippen LogP contribution < -0.4 is 0 Å². The molecule has 3 rings (SSSR count). The lowest BCUT2D eigenvalue weighted by molar-refractivity contribution is 0.106. The quantitative estimate of drug-likeness (QED) is 0.876. The second-order valence-corrected chi connectivity index (χ2v) is 5.15. The molecule has 0 amide bonds. The molecule has 1 N–H and O–H groups in total. The average molecular weight is 276 g/mol. The van der Waals surface area contributed by atoms with Crippen LogP contribution >= 0.6 is 12.2 Å². The summed E-state index contributed by atoms with van der Waals surface area (Å²) in [7, 11) is 1.77. The molecule has 19 heavy (non-hydrogen) atoms. The number of nitrogens with zero attached hydrogens (tertiary/aromatic N) is 3. The minimum Gasteiger partial charge on any atom is -0.381 e. The molecule has 1 fully saturated rings. The van der Waals surface area contributed by atoms with Crippen molar-refractivity contribution in [3.8, 4) is 11.5 Å². The fourth-order valence-corrected chi connectivity index (χ4v) is 2.97. The van der Waals surface area contributed by atoms with Crippen molar-refractivity contribution in [2.24, 2.45) is 0 Å². The van der Waals surface area contributed by atoms with Gasteiger partial charge < -0.3 is 4.74 Å². The Morgan fingerprint density at radius 3 is 3.00 bits per heavy atom. The largest absolute Gasteiger partial charge is 0.381 e. The van der Waals surface area contributed by atoms with Crippen LogP contribution in [0.4, 0.5) is 0 Å². The molecule has 1 aliphatic carbocycles. The number of methoxy groups -OCH3 is 1. The second kappa shape index (κ2) is 5.22. The van der Waals surface area contributed by atoms with Crippen LogP contribution in [0.15, 0.2) is 24.4 Å². The number of pyridine rings is 1. The summed E-state index contributed by atoms with van der Waals surface area (Å²) in [6, 6.07) is 6.14. The number of hydrogen-bond acceptors (Lipinski definition) is 4. The lowest BCUT2D eigenvalue weighted by Gasteiger charge is -2.14. The molecular formula is C13H16N4OS. The van der Waals surface area contributed by atoms with Crippen molar-refractivity contribution in [3.63, 3.8) is 0 Å². The maximum Gasteiger partial charge on any atom is 0.195 e. The van der Waals surface area contributed by atoms with Crippen LogP contribution in [0, 0.1) is 4.77 Å². The second-order valence-electron chi connectivity index (χ2n) is 4.76. The minimum absolute atomic E-state index is 0.318. The highest BCUT2D eigenvalue weighted by molar-refractivity contribution is 7.71. The van der Waals surface area contributed by atoms with Gasteiger partial charge in [-0.1, -0.05) is 6.07 Å². The molecule has 6 heteroatoms. The Labute approximate surface area is 116 Å². The van der Waals surface area contributed by atoms with Gasteiger partial charge in [-0.25, -0.2) is 0 Å². The van der Waals surface area contributed by atoms with Gasteiger partial charge in [0, 0.05) is 19.3 Å². The zero-order valence-corrected chi connectivity index (χ0v) is 11.6. The predicted octanol–water partition coefficient (Wildman–Crippen LogP) is 2.74. The van der Waals surface area contributed by atoms with Crippen LogP contribution in [0.3, 0.4) is 0 Å². The number of nitrogens with one attached hydrogen (secondary N) is 1. The molecule has 0 radical (unpaired) electrons. The first-order valence-electron chi connectivity index (χ1n) is 6.40. The molecule has 0 aliphatic heterocycles. The van der Waals surface area contributed by atoms with Crippen molar-refractivity contribution < 1.29 is 4.74 Å². The third-order valence-corrected chi connectivity index (χ3v) is 3.94. The summed E-state index contributed by atoms with van der Waals surface area (Å²) in [5.41, 5.74) is 0.843. The lowest BCUT2D eigenvalue weighted by atomic mass is 10.2. The highest BCUT2D eigenvalue weighted by Crippen LogP contribution is 2.34. The predicted molar refractivity (Wildman–Crippen MR) is 74.3 cm³/mol. The molecule has 0 saturated heterocycles. The van der Waals surface area contributed by atoms with Crippen LogP contribution in [0.5, 0.6) is 0 Å². The number of aromatic nitrogens is 4. The number of hydrogen-bond donors (Lipinski definition) is 1. The monoisotopic (exact) mass is 276 g/mol. The van der Waals surface area contributed by atoms with Crippen LogP contribution in [-0.2, 0) is 4.74 Å². The van der Waals surface area contributed by atoms with Gasteiger partial charge in [0.15, 0.2) is 10.6 Å². The third kappa shape index (κ3) is 2.33. The van der Waals surface area contributed by atoms with E-state index >= 15 is 0 Å². The first-order chi connectivity index (χ1) is 9.29. The highest BCUT2D eigenvalue weighted by atomic mass is 32.1. The van der Waals surface area contributed by atoms with E-state index in [0.29, 0.717) is 16.9 Å². The Hall–Kier alpha value is -1.53. The first-order valence-corrected chi connectivity index (χ1v) is 6.81. The fraction of sp³-hybridized carbons (Fsp3) is 0.462. The summed E-state index contributed by atoms with van der Waals surface area (Å²) in [6.07, 6.45) is 5.19. The van der Waals surface area contributed by atoms with Gasteiger partial charge in [0.1, 0.15) is 5.69 Å². The first kappa shape index (κ1) is 12.5. The maximum absolute atomic E-state index is 5.43. The van der Waals surface area contributed by atoms with Crippen LogP contribution in [0.2, 0.25) is 0 Å². The van der Waals surface area contributed by atoms with E-state index in [2.05, 4.69) is 19.7 Å². The van der Waals surface area contributed by atoms with Crippen molar-refractivity contribution in [1.29, 1.82) is 0 Å². The summed E-state index contributed by atoms with van der Waals surface area (Å²) < 4.78 is 8.17. The van der Waals surface area contributed by atoms with Crippen molar-refractivity contribution in [2.45, 2.75) is 31.4 Å². The van der Waals surface area contributed by atoms with Crippen molar-refractivity contribution >= 4 is 12.2 Å². The van der Waals surface area contributed by atoms with E-state index < -0.39 is 0 Å². The zero-order chi connectivity index (χ0) is 13.2. The summed E-state index contributed by atoms with van der Waals surface area (Å²) in [6.45, 7) is 0. The Balaban J connectivity index is 1.98. The molecule has 2 heterocycles. The number of ether oxygens (including phenoxy) is 1. The van der Waals surface area contributed by atoms with Gasteiger partial charge in [0.25, 0.3) is 0 Å². The van der Waals surface area contributed by atoms with E-state index in [1.54, 1.807) is 13.3 Å². The molecule has 0 aromatic carbocycles. The molecule has 0 bridgehead atoms. The number of aromatic amines is 1. The molecule has 100 valence electrons. The van der Waals surface area contributed by atoms with Gasteiger partial charge >= 0.3 is 0 Å². The average Bonchev–Trinajstić information content (AvgIpc) is 3.05. The van der Waals surface area contributed by atoms with Crippen molar-refractivity contribution in [1.82, 2.24) is 19.7 Å². The summed E-state index contributed by atoms with van der Waals surface area (Å²) in [4.78, 5) is 4.35. The number of rotatable bonds is 3. The number of H-pyrrole nitrogens is 1. The maximum atomic E-state index is 5.43. The van der Waals surface area contributed by atoms with Crippen molar-refractivity contribution in [3.05, 3.63) is 29.2 Å². The van der Waals surface area contributed by atoms with Gasteiger partial charge in [0.05, 0.1) is 6.10 Å². The Kier molecular flexibility index (Phi) is 3.44. The Bertz CT molecular complexity index is 607. The Morgan fingerprint density at radius 1 is 1.42 bits per heavy atom. The smallest absolute Gasteiger partial charge is 0.195 e. The van der Waals surface area contributed by atoms with Gasteiger partial charge in [-0.2, -0.15) is 5.10 Å². The molecule has 1 saturated carbocycles. The molecule has 2 aromatic rings. The van der Waals surface area contributed by atoms with Gasteiger partial charge in [0.2, 0.25) is 0 Å². The van der Waals surface area contributed by atoms with E-state index in [-0.39, 0.29) is 0 Å². The van der Waals surface area contributed by atoms with Crippen LogP contribution in [0.1, 0.15) is 25.3 Å². The highest BCUT2D eigenvalue weighted by Gasteiger charge is 2.28. The van der Waals surface area contributed by atoms with Gasteiger partial charge in [-0.05, 0) is 43.6 Å². The molecular weight excluding hydrogens is 260 g/mol. The van der Waals surface area contributed by atoms with E-state index in [1.165, 1.54) is 0 Å². The standard InChI is InChI=1S/C13H16N4OS/c1-18-10-6-5-9(8-10)17-12(15-16-13(17)19)11-4-2-3-7-14-11/h2-4,7,9-10H,5-6,8H2,1H3,(H,16,19). The SMILES string of the molecule is COC1CCC(n2c(-c3ccccn3)n[nH]c2=S)C1. The molecule has 1 aliphatic rings. The summed E-state index contributed by atoms with van der Waals surface area (Å²) in [5, 5.41) is 7.20. The topological polar surface area (TPSA) is 55.7 Å². The van der Waals surface area contributed by atoms with E-state index in [4.69, 9.17) is 17.0 Å². The fourth-order valence-electron chi connectivity index (χ4n) is 2.69. The third-order valence-electron chi connectivity index (χ3n) is 3.65. The summed E-state index contributed by atoms with van der Waals surface area (Å²) in [5.74, 6) is 0.812. The lowest BCUT2D eigenvalue weighted by Crippen LogP contribution is -2.10. The van der Waals surface area contributed by atoms with Gasteiger partial charge in [-0.3, -0.25) is 14.6 Å². The summed E-state index contributed by atoms with van der Waals surface area (Å²) >= 11 is 5.36. The molecule has 2 unspecified atom stereocenters. The van der Waals surface area contributed by atoms with Crippen LogP contribution in [-0.4, -0.2) is 33.0 Å². The van der Waals surface area contributed by atoms with Gasteiger partial charge in [-0.15, -0.1) is 0 Å². The van der Waals surface area contributed by atoms with E-state index in [9.17, 15) is 0 Å². The van der Waals surface area contributed by atoms with Crippen molar-refractivity contribution in [2.75, 3.05) is 7.11 Å². The molecule has 2 aromatic heterocycles. The normalized spacial score (nSPS) is 22.8. The zero-order valence-electron chi connectivity index (χ0n) is 10.7. The van der Waals surface area contributed by atoms with E-state index in [0.717, 1.165) is 30.8 Å². The Morgan fingerprint density at radius 2 is 2.32 bits per heavy atom. The molecule has 5 nitrogen and oxygen atoms in total. The molecule has 2 atom stereocenters. The minimum atomic E-state index is 0.318. The van der Waals surface area contributed by atoms with Crippen LogP contribution in [0.25, 0.3) is 11.5 Å². The van der Waals surface area contributed by atoms with E-state index in [1.807, 2.05) is 18.2 Å². The molecule has 0 spiro atoms.